The maximum atomic E-state index is 2.89. The largest absolute Gasteiger partial charge is 2.00 e. The van der Waals surface area contributed by atoms with Gasteiger partial charge in [0.2, 0.25) is 0 Å². The van der Waals surface area contributed by atoms with Gasteiger partial charge in [-0.1, -0.05) is 0 Å². The topological polar surface area (TPSA) is 0 Å². The first kappa shape index (κ1) is 20.3. The van der Waals surface area contributed by atoms with Crippen molar-refractivity contribution in [3.8, 4) is 0 Å². The fourth-order valence-electron chi connectivity index (χ4n) is 0.684. The normalized spacial score (nSPS) is 6.40. The first-order valence-electron chi connectivity index (χ1n) is 3.82. The molecule has 0 bridgehead atoms. The Hall–Kier alpha value is -0.183. The number of hydrogen-bond donors (Lipinski definition) is 0. The van der Waals surface area contributed by atoms with Crippen LogP contribution < -0.4 is 0 Å². The minimum absolute atomic E-state index is 0. The van der Waals surface area contributed by atoms with Crippen LogP contribution in [0.15, 0.2) is 60.7 Å². The average Bonchev–Trinajstić information content (AvgIpc) is 2.24. The van der Waals surface area contributed by atoms with E-state index in [2.05, 4.69) is 12.1 Å². The molecule has 0 saturated carbocycles. The van der Waals surface area contributed by atoms with Crippen molar-refractivity contribution >= 4 is 0 Å². The molecule has 0 amide bonds. The van der Waals surface area contributed by atoms with Crippen molar-refractivity contribution in [3.05, 3.63) is 80.2 Å². The predicted molar refractivity (Wildman–Crippen MR) is 57.0 cm³/mol. The first-order chi connectivity index (χ1) is 6.00. The summed E-state index contributed by atoms with van der Waals surface area (Å²) in [6, 6.07) is 25.0. The smallest absolute Gasteiger partial charge is 0.358 e. The second-order valence-corrected chi connectivity index (χ2v) is 2.15. The van der Waals surface area contributed by atoms with Gasteiger partial charge in [0.25, 0.3) is 0 Å². The third-order valence-corrected chi connectivity index (χ3v) is 1.21. The molecule has 0 atom stereocenters. The van der Waals surface area contributed by atoms with E-state index in [-0.39, 0.29) is 49.6 Å². The molecular formula is C13H13W2-. The van der Waals surface area contributed by atoms with E-state index in [9.17, 15) is 0 Å². The second kappa shape index (κ2) is 16.3. The van der Waals surface area contributed by atoms with Gasteiger partial charge in [0.05, 0.1) is 0 Å². The third kappa shape index (κ3) is 13.8. The first-order valence-corrected chi connectivity index (χ1v) is 3.82. The van der Waals surface area contributed by atoms with E-state index < -0.39 is 0 Å². The van der Waals surface area contributed by atoms with Crippen molar-refractivity contribution in [2.75, 3.05) is 0 Å². The van der Waals surface area contributed by atoms with Crippen LogP contribution in [0.2, 0.25) is 0 Å². The predicted octanol–water partition coefficient (Wildman–Crippen LogP) is 3.42. The van der Waals surface area contributed by atoms with Crippen molar-refractivity contribution in [1.29, 1.82) is 0 Å². The van der Waals surface area contributed by atoms with Gasteiger partial charge in [0.1, 0.15) is 0 Å². The summed E-state index contributed by atoms with van der Waals surface area (Å²) < 4.78 is 0. The van der Waals surface area contributed by atoms with E-state index in [0.29, 0.717) is 0 Å². The Morgan fingerprint density at radius 3 is 0.867 bits per heavy atom. The van der Waals surface area contributed by atoms with Gasteiger partial charge in [0, 0.05) is 21.1 Å². The molecular weight excluding hydrogens is 524 g/mol. The molecule has 2 aromatic rings. The van der Waals surface area contributed by atoms with Crippen molar-refractivity contribution in [3.63, 3.8) is 0 Å². The standard InChI is InChI=1S/2C6H5.CH3.2W/c2*1-2-4-6-5-3-1;;;/h2*1-5H;1H3;;/q3*-1;;+2. The molecule has 0 aliphatic carbocycles. The Morgan fingerprint density at radius 2 is 0.800 bits per heavy atom. The summed E-state index contributed by atoms with van der Waals surface area (Å²) in [5.41, 5.74) is 0. The van der Waals surface area contributed by atoms with Crippen LogP contribution in [-0.2, 0) is 42.1 Å². The molecule has 0 radical (unpaired) electrons. The van der Waals surface area contributed by atoms with E-state index in [1.165, 1.54) is 0 Å². The number of hydrogen-bond acceptors (Lipinski definition) is 0. The van der Waals surface area contributed by atoms with Gasteiger partial charge in [-0.2, -0.15) is 72.8 Å². The Labute approximate surface area is 122 Å². The van der Waals surface area contributed by atoms with Crippen LogP contribution in [0, 0.1) is 19.6 Å². The molecule has 0 aliphatic heterocycles. The Kier molecular flexibility index (Phi) is 22.0. The summed E-state index contributed by atoms with van der Waals surface area (Å²) in [4.78, 5) is 0. The summed E-state index contributed by atoms with van der Waals surface area (Å²) in [6.07, 6.45) is 0. The molecule has 0 heterocycles. The van der Waals surface area contributed by atoms with E-state index in [0.717, 1.165) is 0 Å². The van der Waals surface area contributed by atoms with Gasteiger partial charge < -0.3 is 7.43 Å². The van der Waals surface area contributed by atoms with Crippen LogP contribution in [0.4, 0.5) is 0 Å². The molecule has 0 fully saturated rings. The third-order valence-electron chi connectivity index (χ3n) is 1.21. The molecule has 0 saturated heterocycles. The van der Waals surface area contributed by atoms with E-state index in [1.807, 2.05) is 60.7 Å². The molecule has 78 valence electrons. The Morgan fingerprint density at radius 1 is 0.533 bits per heavy atom. The zero-order valence-corrected chi connectivity index (χ0v) is 14.5. The van der Waals surface area contributed by atoms with Crippen molar-refractivity contribution in [1.82, 2.24) is 0 Å². The molecule has 0 N–H and O–H groups in total. The zero-order chi connectivity index (χ0) is 8.49. The second-order valence-electron chi connectivity index (χ2n) is 2.15. The van der Waals surface area contributed by atoms with Gasteiger partial charge >= 0.3 is 21.1 Å². The molecule has 2 heteroatoms. The molecule has 0 unspecified atom stereocenters. The van der Waals surface area contributed by atoms with E-state index >= 15 is 0 Å². The summed E-state index contributed by atoms with van der Waals surface area (Å²) in [5.74, 6) is 0. The van der Waals surface area contributed by atoms with Crippen LogP contribution in [0.25, 0.3) is 0 Å². The van der Waals surface area contributed by atoms with Gasteiger partial charge in [-0.05, 0) is 0 Å². The monoisotopic (exact) mass is 537 g/mol. The average molecular weight is 537 g/mol. The number of rotatable bonds is 0. The maximum Gasteiger partial charge on any atom is 2.00 e. The van der Waals surface area contributed by atoms with Crippen LogP contribution in [0.1, 0.15) is 0 Å². The Bertz CT molecular complexity index is 184. The molecule has 15 heavy (non-hydrogen) atoms. The molecule has 2 aromatic carbocycles. The van der Waals surface area contributed by atoms with Crippen LogP contribution in [0.3, 0.4) is 0 Å². The molecule has 2 rings (SSSR count). The zero-order valence-electron chi connectivity index (χ0n) is 8.59. The van der Waals surface area contributed by atoms with Crippen LogP contribution >= 0.6 is 0 Å². The van der Waals surface area contributed by atoms with Crippen LogP contribution in [0.5, 0.6) is 0 Å². The van der Waals surface area contributed by atoms with Crippen molar-refractivity contribution < 1.29 is 42.1 Å². The molecule has 0 aromatic heterocycles. The quantitative estimate of drug-likeness (QED) is 0.453. The van der Waals surface area contributed by atoms with Crippen molar-refractivity contribution in [2.24, 2.45) is 0 Å². The fraction of sp³-hybridized carbons (Fsp3) is 0. The van der Waals surface area contributed by atoms with Crippen LogP contribution in [-0.4, -0.2) is 0 Å². The Balaban J connectivity index is -0.000000160. The summed E-state index contributed by atoms with van der Waals surface area (Å²) in [5, 5.41) is 0. The molecule has 0 aliphatic rings. The van der Waals surface area contributed by atoms with E-state index in [1.54, 1.807) is 0 Å². The minimum atomic E-state index is 0. The number of benzene rings is 2. The summed E-state index contributed by atoms with van der Waals surface area (Å²) >= 11 is 0. The summed E-state index contributed by atoms with van der Waals surface area (Å²) in [6.45, 7) is 0. The fourth-order valence-corrected chi connectivity index (χ4v) is 0.684. The SMILES string of the molecule is [CH3-].[W+2].[W].[c-]1ccccc1.[c-]1ccccc1. The molecule has 0 nitrogen and oxygen atoms in total. The van der Waals surface area contributed by atoms with Gasteiger partial charge in [0.15, 0.2) is 0 Å². The van der Waals surface area contributed by atoms with Crippen molar-refractivity contribution in [2.45, 2.75) is 0 Å². The van der Waals surface area contributed by atoms with E-state index in [4.69, 9.17) is 0 Å². The van der Waals surface area contributed by atoms with Gasteiger partial charge in [-0.25, -0.2) is 0 Å². The molecule has 0 spiro atoms. The maximum absolute atomic E-state index is 2.89. The van der Waals surface area contributed by atoms with Gasteiger partial charge in [-0.3, -0.25) is 0 Å². The minimum Gasteiger partial charge on any atom is -0.358 e. The summed E-state index contributed by atoms with van der Waals surface area (Å²) in [7, 11) is 0. The van der Waals surface area contributed by atoms with Gasteiger partial charge in [-0.15, -0.1) is 0 Å².